The van der Waals surface area contributed by atoms with E-state index < -0.39 is 11.9 Å². The second-order valence-electron chi connectivity index (χ2n) is 10.3. The fraction of sp³-hybridized carbons (Fsp3) is 0.613. The Bertz CT molecular complexity index is 947. The Balaban J connectivity index is 1.33. The first-order valence-corrected chi connectivity index (χ1v) is 14.4. The molecular weight excluding hydrogens is 462 g/mol. The maximum atomic E-state index is 12.3. The monoisotopic (exact) mass is 505 g/mol. The molecule has 37 heavy (non-hydrogen) atoms. The summed E-state index contributed by atoms with van der Waals surface area (Å²) in [4.78, 5) is 21.2. The minimum absolute atomic E-state index is 0.418. The highest BCUT2D eigenvalue weighted by molar-refractivity contribution is 5.77. The number of carbonyl (C=O) groups is 1. The van der Waals surface area contributed by atoms with Gasteiger partial charge in [0.1, 0.15) is 11.7 Å². The predicted octanol–water partition coefficient (Wildman–Crippen LogP) is 8.07. The Hall–Kier alpha value is -2.94. The standard InChI is InChI=1S/C31H43N3O3/c1-2-3-4-9-16-27(22-32)31(35)37-28-19-17-26(18-20-28)30-33-23-29(24-34-30)36-21-12-7-5-6-8-13-25-14-10-11-15-25/h17-20,23-25,27H,2-16,21H2,1H3/t27-/m0/s1. The van der Waals surface area contributed by atoms with Crippen molar-refractivity contribution in [1.29, 1.82) is 5.26 Å². The number of esters is 1. The van der Waals surface area contributed by atoms with Crippen LogP contribution >= 0.6 is 0 Å². The third-order valence-corrected chi connectivity index (χ3v) is 7.25. The Morgan fingerprint density at radius 2 is 1.62 bits per heavy atom. The minimum atomic E-state index is -0.728. The number of rotatable bonds is 17. The minimum Gasteiger partial charge on any atom is -0.490 e. The summed E-state index contributed by atoms with van der Waals surface area (Å²) in [5.74, 6) is 1.47. The summed E-state index contributed by atoms with van der Waals surface area (Å²) in [6.45, 7) is 2.82. The molecule has 0 amide bonds. The number of ether oxygens (including phenoxy) is 2. The zero-order valence-electron chi connectivity index (χ0n) is 22.5. The van der Waals surface area contributed by atoms with Gasteiger partial charge in [0, 0.05) is 5.56 Å². The fourth-order valence-electron chi connectivity index (χ4n) is 4.96. The zero-order valence-corrected chi connectivity index (χ0v) is 22.5. The largest absolute Gasteiger partial charge is 0.490 e. The second kappa shape index (κ2) is 16.7. The molecule has 0 aliphatic heterocycles. The molecule has 0 unspecified atom stereocenters. The summed E-state index contributed by atoms with van der Waals surface area (Å²) >= 11 is 0. The van der Waals surface area contributed by atoms with Crippen molar-refractivity contribution in [2.45, 2.75) is 103 Å². The predicted molar refractivity (Wildman–Crippen MR) is 146 cm³/mol. The molecule has 0 spiro atoms. The van der Waals surface area contributed by atoms with Crippen molar-refractivity contribution in [2.24, 2.45) is 11.8 Å². The van der Waals surface area contributed by atoms with Gasteiger partial charge in [-0.3, -0.25) is 4.79 Å². The molecule has 200 valence electrons. The van der Waals surface area contributed by atoms with Gasteiger partial charge in [0.2, 0.25) is 0 Å². The van der Waals surface area contributed by atoms with Crippen LogP contribution in [-0.2, 0) is 4.79 Å². The molecule has 1 aromatic heterocycles. The van der Waals surface area contributed by atoms with Gasteiger partial charge in [0.15, 0.2) is 11.6 Å². The molecule has 6 heteroatoms. The molecule has 0 radical (unpaired) electrons. The molecule has 1 fully saturated rings. The van der Waals surface area contributed by atoms with Crippen LogP contribution in [0.2, 0.25) is 0 Å². The molecule has 1 saturated carbocycles. The highest BCUT2D eigenvalue weighted by Crippen LogP contribution is 2.29. The van der Waals surface area contributed by atoms with Gasteiger partial charge in [-0.1, -0.05) is 90.4 Å². The van der Waals surface area contributed by atoms with Gasteiger partial charge in [-0.15, -0.1) is 0 Å². The van der Waals surface area contributed by atoms with E-state index in [1.54, 1.807) is 24.5 Å². The van der Waals surface area contributed by atoms with E-state index in [1.165, 1.54) is 57.8 Å². The first-order valence-electron chi connectivity index (χ1n) is 14.4. The van der Waals surface area contributed by atoms with Gasteiger partial charge in [-0.25, -0.2) is 9.97 Å². The third-order valence-electron chi connectivity index (χ3n) is 7.25. The number of nitrogens with zero attached hydrogens (tertiary/aromatic N) is 3. The van der Waals surface area contributed by atoms with Gasteiger partial charge in [0.05, 0.1) is 25.1 Å². The van der Waals surface area contributed by atoms with Crippen molar-refractivity contribution in [2.75, 3.05) is 6.61 Å². The first-order chi connectivity index (χ1) is 18.2. The average molecular weight is 506 g/mol. The number of nitriles is 1. The molecule has 0 N–H and O–H groups in total. The van der Waals surface area contributed by atoms with E-state index in [4.69, 9.17) is 9.47 Å². The molecule has 1 aromatic carbocycles. The molecule has 1 aliphatic carbocycles. The Labute approximate surface area is 222 Å². The second-order valence-corrected chi connectivity index (χ2v) is 10.3. The summed E-state index contributed by atoms with van der Waals surface area (Å²) in [6, 6.07) is 9.12. The molecule has 6 nitrogen and oxygen atoms in total. The summed E-state index contributed by atoms with van der Waals surface area (Å²) in [5, 5.41) is 9.31. The van der Waals surface area contributed by atoms with Crippen LogP contribution in [-0.4, -0.2) is 22.5 Å². The lowest BCUT2D eigenvalue weighted by molar-refractivity contribution is -0.137. The molecule has 1 atom stereocenters. The summed E-state index contributed by atoms with van der Waals surface area (Å²) < 4.78 is 11.2. The van der Waals surface area contributed by atoms with Crippen molar-refractivity contribution in [3.8, 4) is 29.0 Å². The fourth-order valence-corrected chi connectivity index (χ4v) is 4.96. The SMILES string of the molecule is CCCCCC[C@@H](C#N)C(=O)Oc1ccc(-c2ncc(OCCCCCCCC3CCCC3)cn2)cc1. The Kier molecular flexibility index (Phi) is 12.9. The normalized spacial score (nSPS) is 14.3. The van der Waals surface area contributed by atoms with Gasteiger partial charge in [-0.05, 0) is 43.0 Å². The molecule has 1 heterocycles. The van der Waals surface area contributed by atoms with Crippen LogP contribution in [0, 0.1) is 23.2 Å². The van der Waals surface area contributed by atoms with E-state index in [0.29, 0.717) is 30.4 Å². The molecule has 0 bridgehead atoms. The number of hydrogen-bond donors (Lipinski definition) is 0. The summed E-state index contributed by atoms with van der Waals surface area (Å²) in [5.41, 5.74) is 0.820. The number of aromatic nitrogens is 2. The van der Waals surface area contributed by atoms with E-state index in [-0.39, 0.29) is 0 Å². The van der Waals surface area contributed by atoms with E-state index in [1.807, 2.05) is 12.1 Å². The third kappa shape index (κ3) is 10.5. The lowest BCUT2D eigenvalue weighted by atomic mass is 9.99. The molecule has 1 aliphatic rings. The van der Waals surface area contributed by atoms with E-state index >= 15 is 0 Å². The van der Waals surface area contributed by atoms with Crippen LogP contribution in [0.25, 0.3) is 11.4 Å². The zero-order chi connectivity index (χ0) is 26.1. The van der Waals surface area contributed by atoms with Gasteiger partial charge in [-0.2, -0.15) is 5.26 Å². The van der Waals surface area contributed by atoms with E-state index in [0.717, 1.165) is 43.6 Å². The Morgan fingerprint density at radius 1 is 0.946 bits per heavy atom. The number of carbonyl (C=O) groups excluding carboxylic acids is 1. The van der Waals surface area contributed by atoms with E-state index in [2.05, 4.69) is 23.0 Å². The van der Waals surface area contributed by atoms with Gasteiger partial charge in [0.25, 0.3) is 0 Å². The molecule has 3 rings (SSSR count). The molecule has 2 aromatic rings. The topological polar surface area (TPSA) is 85.1 Å². The highest BCUT2D eigenvalue weighted by atomic mass is 16.5. The van der Waals surface area contributed by atoms with Crippen molar-refractivity contribution >= 4 is 5.97 Å². The van der Waals surface area contributed by atoms with Crippen molar-refractivity contribution in [1.82, 2.24) is 9.97 Å². The number of benzene rings is 1. The lowest BCUT2D eigenvalue weighted by Gasteiger charge is -2.10. The first kappa shape index (κ1) is 28.6. The van der Waals surface area contributed by atoms with Crippen molar-refractivity contribution in [3.05, 3.63) is 36.7 Å². The Morgan fingerprint density at radius 3 is 2.32 bits per heavy atom. The van der Waals surface area contributed by atoms with Crippen LogP contribution in [0.4, 0.5) is 0 Å². The average Bonchev–Trinajstić information content (AvgIpc) is 3.45. The van der Waals surface area contributed by atoms with Crippen molar-refractivity contribution in [3.63, 3.8) is 0 Å². The maximum Gasteiger partial charge on any atom is 0.328 e. The van der Waals surface area contributed by atoms with E-state index in [9.17, 15) is 10.1 Å². The van der Waals surface area contributed by atoms with Crippen LogP contribution in [0.5, 0.6) is 11.5 Å². The molecule has 0 saturated heterocycles. The quantitative estimate of drug-likeness (QED) is 0.123. The van der Waals surface area contributed by atoms with Gasteiger partial charge < -0.3 is 9.47 Å². The van der Waals surface area contributed by atoms with Crippen molar-refractivity contribution < 1.29 is 14.3 Å². The summed E-state index contributed by atoms with van der Waals surface area (Å²) in [7, 11) is 0. The maximum absolute atomic E-state index is 12.3. The molecular formula is C31H43N3O3. The number of hydrogen-bond acceptors (Lipinski definition) is 6. The van der Waals surface area contributed by atoms with Crippen LogP contribution in [0.3, 0.4) is 0 Å². The smallest absolute Gasteiger partial charge is 0.328 e. The van der Waals surface area contributed by atoms with Crippen LogP contribution < -0.4 is 9.47 Å². The van der Waals surface area contributed by atoms with Gasteiger partial charge >= 0.3 is 5.97 Å². The lowest BCUT2D eigenvalue weighted by Crippen LogP contribution is -2.19. The number of unbranched alkanes of at least 4 members (excludes halogenated alkanes) is 7. The highest BCUT2D eigenvalue weighted by Gasteiger charge is 2.20. The van der Waals surface area contributed by atoms with Crippen LogP contribution in [0.15, 0.2) is 36.7 Å². The summed E-state index contributed by atoms with van der Waals surface area (Å²) in [6.07, 6.45) is 21.5. The van der Waals surface area contributed by atoms with Crippen LogP contribution in [0.1, 0.15) is 103 Å².